The molecule has 0 aliphatic heterocycles. The van der Waals surface area contributed by atoms with Gasteiger partial charge in [-0.1, -0.05) is 6.07 Å². The molecule has 98 valence electrons. The zero-order valence-electron chi connectivity index (χ0n) is 10.7. The van der Waals surface area contributed by atoms with Gasteiger partial charge in [0.05, 0.1) is 6.26 Å². The summed E-state index contributed by atoms with van der Waals surface area (Å²) in [6, 6.07) is 8.54. The number of amides is 2. The van der Waals surface area contributed by atoms with Gasteiger partial charge in [0.25, 0.3) is 5.91 Å². The SMILES string of the molecule is CC(=O)Nc1ccc(C)c(NC(=O)c2ccco2)c1. The highest BCUT2D eigenvalue weighted by Crippen LogP contribution is 2.21. The molecule has 1 aromatic heterocycles. The lowest BCUT2D eigenvalue weighted by Gasteiger charge is -2.10. The van der Waals surface area contributed by atoms with E-state index in [0.29, 0.717) is 11.4 Å². The number of carbonyl (C=O) groups excluding carboxylic acids is 2. The summed E-state index contributed by atoms with van der Waals surface area (Å²) >= 11 is 0. The van der Waals surface area contributed by atoms with Gasteiger partial charge in [-0.25, -0.2) is 0 Å². The van der Waals surface area contributed by atoms with Crippen molar-refractivity contribution in [2.75, 3.05) is 10.6 Å². The minimum atomic E-state index is -0.326. The fourth-order valence-electron chi connectivity index (χ4n) is 1.63. The molecule has 1 heterocycles. The van der Waals surface area contributed by atoms with E-state index in [2.05, 4.69) is 10.6 Å². The molecular formula is C14H14N2O3. The summed E-state index contributed by atoms with van der Waals surface area (Å²) in [5.41, 5.74) is 2.16. The fourth-order valence-corrected chi connectivity index (χ4v) is 1.63. The van der Waals surface area contributed by atoms with Crippen LogP contribution in [0.15, 0.2) is 41.0 Å². The summed E-state index contributed by atoms with van der Waals surface area (Å²) in [4.78, 5) is 22.9. The number of hydrogen-bond acceptors (Lipinski definition) is 3. The Morgan fingerprint density at radius 2 is 1.95 bits per heavy atom. The van der Waals surface area contributed by atoms with Crippen LogP contribution in [0.2, 0.25) is 0 Å². The molecule has 19 heavy (non-hydrogen) atoms. The van der Waals surface area contributed by atoms with E-state index >= 15 is 0 Å². The second-order valence-electron chi connectivity index (χ2n) is 4.14. The Kier molecular flexibility index (Phi) is 3.66. The average molecular weight is 258 g/mol. The van der Waals surface area contributed by atoms with E-state index in [1.165, 1.54) is 13.2 Å². The highest BCUT2D eigenvalue weighted by Gasteiger charge is 2.10. The van der Waals surface area contributed by atoms with Gasteiger partial charge in [0, 0.05) is 18.3 Å². The van der Waals surface area contributed by atoms with Crippen LogP contribution in [0.5, 0.6) is 0 Å². The number of nitrogens with one attached hydrogen (secondary N) is 2. The van der Waals surface area contributed by atoms with Crippen LogP contribution < -0.4 is 10.6 Å². The summed E-state index contributed by atoms with van der Waals surface area (Å²) in [5, 5.41) is 5.41. The second kappa shape index (κ2) is 5.39. The van der Waals surface area contributed by atoms with E-state index in [0.717, 1.165) is 5.56 Å². The minimum Gasteiger partial charge on any atom is -0.459 e. The van der Waals surface area contributed by atoms with Gasteiger partial charge in [-0.15, -0.1) is 0 Å². The van der Waals surface area contributed by atoms with Crippen molar-refractivity contribution in [2.24, 2.45) is 0 Å². The lowest BCUT2D eigenvalue weighted by Crippen LogP contribution is -2.12. The molecule has 2 amide bonds. The minimum absolute atomic E-state index is 0.160. The third-order valence-corrected chi connectivity index (χ3v) is 2.55. The molecule has 0 unspecified atom stereocenters. The number of rotatable bonds is 3. The summed E-state index contributed by atoms with van der Waals surface area (Å²) < 4.78 is 5.02. The van der Waals surface area contributed by atoms with Crippen LogP contribution in [0.4, 0.5) is 11.4 Å². The fraction of sp³-hybridized carbons (Fsp3) is 0.143. The Morgan fingerprint density at radius 1 is 1.16 bits per heavy atom. The van der Waals surface area contributed by atoms with Crippen molar-refractivity contribution in [3.63, 3.8) is 0 Å². The number of carbonyl (C=O) groups is 2. The smallest absolute Gasteiger partial charge is 0.291 e. The molecule has 0 aliphatic rings. The summed E-state index contributed by atoms with van der Waals surface area (Å²) in [6.45, 7) is 3.30. The highest BCUT2D eigenvalue weighted by atomic mass is 16.3. The molecule has 0 bridgehead atoms. The first-order valence-corrected chi connectivity index (χ1v) is 5.79. The van der Waals surface area contributed by atoms with Gasteiger partial charge in [-0.2, -0.15) is 0 Å². The maximum Gasteiger partial charge on any atom is 0.291 e. The van der Waals surface area contributed by atoms with Crippen molar-refractivity contribution in [2.45, 2.75) is 13.8 Å². The Morgan fingerprint density at radius 3 is 2.58 bits per heavy atom. The van der Waals surface area contributed by atoms with Crippen LogP contribution in [-0.4, -0.2) is 11.8 Å². The van der Waals surface area contributed by atoms with E-state index in [1.807, 2.05) is 13.0 Å². The maximum absolute atomic E-state index is 11.9. The molecular weight excluding hydrogens is 244 g/mol. The first-order valence-electron chi connectivity index (χ1n) is 5.79. The zero-order chi connectivity index (χ0) is 13.8. The number of benzene rings is 1. The molecule has 0 fully saturated rings. The van der Waals surface area contributed by atoms with Gasteiger partial charge in [0.2, 0.25) is 5.91 Å². The van der Waals surface area contributed by atoms with E-state index < -0.39 is 0 Å². The molecule has 2 aromatic rings. The van der Waals surface area contributed by atoms with Crippen LogP contribution in [0.3, 0.4) is 0 Å². The van der Waals surface area contributed by atoms with Gasteiger partial charge < -0.3 is 15.1 Å². The third kappa shape index (κ3) is 3.22. The molecule has 0 saturated heterocycles. The first-order chi connectivity index (χ1) is 9.06. The van der Waals surface area contributed by atoms with Gasteiger partial charge in [-0.05, 0) is 36.8 Å². The number of aryl methyl sites for hydroxylation is 1. The van der Waals surface area contributed by atoms with Crippen molar-refractivity contribution in [3.8, 4) is 0 Å². The normalized spacial score (nSPS) is 10.0. The largest absolute Gasteiger partial charge is 0.459 e. The lowest BCUT2D eigenvalue weighted by molar-refractivity contribution is -0.114. The molecule has 0 aliphatic carbocycles. The molecule has 5 nitrogen and oxygen atoms in total. The third-order valence-electron chi connectivity index (χ3n) is 2.55. The molecule has 2 N–H and O–H groups in total. The average Bonchev–Trinajstić information content (AvgIpc) is 2.86. The topological polar surface area (TPSA) is 71.3 Å². The summed E-state index contributed by atoms with van der Waals surface area (Å²) in [7, 11) is 0. The molecule has 2 rings (SSSR count). The van der Waals surface area contributed by atoms with Crippen molar-refractivity contribution >= 4 is 23.2 Å². The van der Waals surface area contributed by atoms with E-state index in [1.54, 1.807) is 24.3 Å². The Labute approximate surface area is 110 Å². The second-order valence-corrected chi connectivity index (χ2v) is 4.14. The van der Waals surface area contributed by atoms with Crippen LogP contribution in [-0.2, 0) is 4.79 Å². The lowest BCUT2D eigenvalue weighted by atomic mass is 10.1. The zero-order valence-corrected chi connectivity index (χ0v) is 10.7. The number of furan rings is 1. The van der Waals surface area contributed by atoms with E-state index in [9.17, 15) is 9.59 Å². The Balaban J connectivity index is 2.19. The molecule has 1 aromatic carbocycles. The van der Waals surface area contributed by atoms with Crippen LogP contribution in [0.25, 0.3) is 0 Å². The predicted molar refractivity (Wildman–Crippen MR) is 72.1 cm³/mol. The van der Waals surface area contributed by atoms with Crippen molar-refractivity contribution in [1.29, 1.82) is 0 Å². The number of anilines is 2. The molecule has 0 atom stereocenters. The van der Waals surface area contributed by atoms with Gasteiger partial charge in [0.1, 0.15) is 0 Å². The molecule has 5 heteroatoms. The summed E-state index contributed by atoms with van der Waals surface area (Å²) in [6.07, 6.45) is 1.44. The Bertz CT molecular complexity index is 603. The van der Waals surface area contributed by atoms with Crippen molar-refractivity contribution in [3.05, 3.63) is 47.9 Å². The Hall–Kier alpha value is -2.56. The van der Waals surface area contributed by atoms with E-state index in [4.69, 9.17) is 4.42 Å². The monoisotopic (exact) mass is 258 g/mol. The van der Waals surface area contributed by atoms with Crippen LogP contribution >= 0.6 is 0 Å². The molecule has 0 radical (unpaired) electrons. The summed E-state index contributed by atoms with van der Waals surface area (Å²) in [5.74, 6) is -0.246. The van der Waals surface area contributed by atoms with Gasteiger partial charge >= 0.3 is 0 Å². The standard InChI is InChI=1S/C14H14N2O3/c1-9-5-6-11(15-10(2)17)8-12(9)16-14(18)13-4-3-7-19-13/h3-8H,1-2H3,(H,15,17)(H,16,18). The predicted octanol–water partition coefficient (Wildman–Crippen LogP) is 2.80. The highest BCUT2D eigenvalue weighted by molar-refractivity contribution is 6.03. The molecule has 0 spiro atoms. The maximum atomic E-state index is 11.9. The first kappa shape index (κ1) is 12.9. The quantitative estimate of drug-likeness (QED) is 0.889. The van der Waals surface area contributed by atoms with Gasteiger partial charge in [-0.3, -0.25) is 9.59 Å². The van der Waals surface area contributed by atoms with Crippen molar-refractivity contribution < 1.29 is 14.0 Å². The van der Waals surface area contributed by atoms with Gasteiger partial charge in [0.15, 0.2) is 5.76 Å². The number of hydrogen-bond donors (Lipinski definition) is 2. The van der Waals surface area contributed by atoms with E-state index in [-0.39, 0.29) is 17.6 Å². The van der Waals surface area contributed by atoms with Crippen LogP contribution in [0, 0.1) is 6.92 Å². The molecule has 0 saturated carbocycles. The van der Waals surface area contributed by atoms with Crippen LogP contribution in [0.1, 0.15) is 23.0 Å². The van der Waals surface area contributed by atoms with Crippen molar-refractivity contribution in [1.82, 2.24) is 0 Å².